The van der Waals surface area contributed by atoms with E-state index >= 15 is 0 Å². The molecule has 0 saturated heterocycles. The maximum Gasteiger partial charge on any atom is 0.258 e. The maximum atomic E-state index is 12.9. The molecule has 0 aliphatic heterocycles. The van der Waals surface area contributed by atoms with Crippen molar-refractivity contribution in [1.29, 1.82) is 0 Å². The van der Waals surface area contributed by atoms with E-state index in [1.54, 1.807) is 36.7 Å². The third-order valence-corrected chi connectivity index (χ3v) is 7.92. The summed E-state index contributed by atoms with van der Waals surface area (Å²) in [6.45, 7) is 6.44. The molecule has 0 amide bonds. The molecule has 1 atom stereocenters. The molecule has 0 aliphatic rings. The SMILES string of the molecule is Cc1ccc2nc(CN(Cc3cc(=O)n4cc(C)ccc4n3)[C@H](C)c3ccc(S(C)(=O)=O)cc3)cc(=O)n2c1. The minimum atomic E-state index is -3.33. The van der Waals surface area contributed by atoms with Crippen LogP contribution in [0.15, 0.2) is 87.5 Å². The third kappa shape index (κ3) is 5.67. The van der Waals surface area contributed by atoms with Gasteiger partial charge in [0.25, 0.3) is 11.1 Å². The molecule has 0 aliphatic carbocycles. The fourth-order valence-corrected chi connectivity index (χ4v) is 5.26. The monoisotopic (exact) mass is 543 g/mol. The van der Waals surface area contributed by atoms with E-state index in [4.69, 9.17) is 9.97 Å². The van der Waals surface area contributed by atoms with Gasteiger partial charge in [0.2, 0.25) is 0 Å². The summed E-state index contributed by atoms with van der Waals surface area (Å²) in [5, 5.41) is 0. The van der Waals surface area contributed by atoms with Crippen molar-refractivity contribution in [3.63, 3.8) is 0 Å². The molecule has 0 bridgehead atoms. The molecule has 0 spiro atoms. The molecule has 0 fully saturated rings. The van der Waals surface area contributed by atoms with Crippen LogP contribution in [0.3, 0.4) is 0 Å². The highest BCUT2D eigenvalue weighted by Crippen LogP contribution is 2.25. The normalized spacial score (nSPS) is 12.8. The van der Waals surface area contributed by atoms with Gasteiger partial charge in [-0.15, -0.1) is 0 Å². The zero-order chi connectivity index (χ0) is 27.9. The minimum Gasteiger partial charge on any atom is -0.285 e. The second-order valence-electron chi connectivity index (χ2n) is 9.96. The van der Waals surface area contributed by atoms with Crippen LogP contribution in [0, 0.1) is 13.8 Å². The van der Waals surface area contributed by atoms with Crippen molar-refractivity contribution in [2.24, 2.45) is 0 Å². The molecular weight excluding hydrogens is 514 g/mol. The second-order valence-corrected chi connectivity index (χ2v) is 12.0. The maximum absolute atomic E-state index is 12.9. The van der Waals surface area contributed by atoms with Gasteiger partial charge in [-0.05, 0) is 61.7 Å². The summed E-state index contributed by atoms with van der Waals surface area (Å²) in [4.78, 5) is 37.5. The first kappa shape index (κ1) is 26.5. The number of aryl methyl sites for hydroxylation is 2. The van der Waals surface area contributed by atoms with Crippen molar-refractivity contribution in [3.05, 3.63) is 122 Å². The van der Waals surface area contributed by atoms with Crippen molar-refractivity contribution in [3.8, 4) is 0 Å². The van der Waals surface area contributed by atoms with Crippen LogP contribution in [0.2, 0.25) is 0 Å². The van der Waals surface area contributed by atoms with Crippen LogP contribution >= 0.6 is 0 Å². The van der Waals surface area contributed by atoms with Gasteiger partial charge in [-0.25, -0.2) is 18.4 Å². The van der Waals surface area contributed by atoms with Crippen molar-refractivity contribution in [2.45, 2.75) is 44.8 Å². The lowest BCUT2D eigenvalue weighted by Crippen LogP contribution is -2.29. The molecule has 0 radical (unpaired) electrons. The Morgan fingerprint density at radius 1 is 0.769 bits per heavy atom. The molecule has 0 N–H and O–H groups in total. The summed E-state index contributed by atoms with van der Waals surface area (Å²) in [5.41, 5.74) is 4.68. The molecule has 5 aromatic rings. The lowest BCUT2D eigenvalue weighted by molar-refractivity contribution is 0.187. The first-order chi connectivity index (χ1) is 18.5. The number of rotatable bonds is 7. The molecule has 4 aromatic heterocycles. The number of nitrogens with zero attached hydrogens (tertiary/aromatic N) is 5. The molecule has 0 saturated carbocycles. The Kier molecular flexibility index (Phi) is 6.92. The summed E-state index contributed by atoms with van der Waals surface area (Å²) in [6, 6.07) is 17.0. The van der Waals surface area contributed by atoms with E-state index in [9.17, 15) is 18.0 Å². The number of benzene rings is 1. The van der Waals surface area contributed by atoms with Crippen LogP contribution < -0.4 is 11.1 Å². The Balaban J connectivity index is 1.55. The largest absolute Gasteiger partial charge is 0.285 e. The second kappa shape index (κ2) is 10.2. The lowest BCUT2D eigenvalue weighted by atomic mass is 10.1. The molecule has 0 unspecified atom stereocenters. The van der Waals surface area contributed by atoms with Gasteiger partial charge in [0, 0.05) is 49.9 Å². The average Bonchev–Trinajstić information content (AvgIpc) is 2.88. The zero-order valence-corrected chi connectivity index (χ0v) is 23.0. The molecule has 5 rings (SSSR count). The highest BCUT2D eigenvalue weighted by Gasteiger charge is 2.20. The van der Waals surface area contributed by atoms with Crippen LogP contribution in [-0.2, 0) is 22.9 Å². The van der Waals surface area contributed by atoms with Gasteiger partial charge >= 0.3 is 0 Å². The summed E-state index contributed by atoms with van der Waals surface area (Å²) in [6.07, 6.45) is 4.69. The zero-order valence-electron chi connectivity index (χ0n) is 22.2. The van der Waals surface area contributed by atoms with Crippen LogP contribution in [-0.4, -0.2) is 38.3 Å². The summed E-state index contributed by atoms with van der Waals surface area (Å²) >= 11 is 0. The fraction of sp³-hybridized carbons (Fsp3) is 0.241. The average molecular weight is 544 g/mol. The van der Waals surface area contributed by atoms with Gasteiger partial charge in [-0.1, -0.05) is 24.3 Å². The number of sulfone groups is 1. The topological polar surface area (TPSA) is 106 Å². The highest BCUT2D eigenvalue weighted by molar-refractivity contribution is 7.90. The molecule has 1 aromatic carbocycles. The van der Waals surface area contributed by atoms with Gasteiger partial charge in [-0.3, -0.25) is 23.3 Å². The standard InChI is InChI=1S/C29H29N5O4S/c1-19-5-11-26-30-23(13-28(35)33(26)15-19)17-32(21(3)22-7-9-25(10-8-22)39(4,37)38)18-24-14-29(36)34-16-20(2)6-12-27(34)31-24/h5-16,21H,17-18H2,1-4H3/t21-/m1/s1. The molecule has 4 heterocycles. The number of fused-ring (bicyclic) bond motifs is 2. The van der Waals surface area contributed by atoms with Crippen molar-refractivity contribution >= 4 is 21.1 Å². The van der Waals surface area contributed by atoms with Crippen molar-refractivity contribution < 1.29 is 8.42 Å². The van der Waals surface area contributed by atoms with E-state index in [0.29, 0.717) is 35.8 Å². The Bertz CT molecular complexity index is 1830. The lowest BCUT2D eigenvalue weighted by Gasteiger charge is -2.29. The Morgan fingerprint density at radius 3 is 1.67 bits per heavy atom. The predicted octanol–water partition coefficient (Wildman–Crippen LogP) is 3.49. The molecule has 9 nitrogen and oxygen atoms in total. The number of pyridine rings is 2. The molecule has 200 valence electrons. The van der Waals surface area contributed by atoms with E-state index in [0.717, 1.165) is 16.7 Å². The Labute approximate surface area is 226 Å². The molecule has 39 heavy (non-hydrogen) atoms. The van der Waals surface area contributed by atoms with Gasteiger partial charge in [0.1, 0.15) is 11.3 Å². The van der Waals surface area contributed by atoms with Gasteiger partial charge in [0.15, 0.2) is 9.84 Å². The van der Waals surface area contributed by atoms with E-state index < -0.39 is 9.84 Å². The van der Waals surface area contributed by atoms with E-state index in [2.05, 4.69) is 4.90 Å². The van der Waals surface area contributed by atoms with E-state index in [-0.39, 0.29) is 22.1 Å². The molecular formula is C29H29N5O4S. The quantitative estimate of drug-likeness (QED) is 0.309. The van der Waals surface area contributed by atoms with Crippen LogP contribution in [0.5, 0.6) is 0 Å². The summed E-state index contributed by atoms with van der Waals surface area (Å²) in [5.74, 6) is 0. The van der Waals surface area contributed by atoms with Crippen molar-refractivity contribution in [2.75, 3.05) is 6.26 Å². The summed E-state index contributed by atoms with van der Waals surface area (Å²) in [7, 11) is -3.33. The Morgan fingerprint density at radius 2 is 1.23 bits per heavy atom. The minimum absolute atomic E-state index is 0.179. The summed E-state index contributed by atoms with van der Waals surface area (Å²) < 4.78 is 27.0. The van der Waals surface area contributed by atoms with E-state index in [1.807, 2.05) is 45.0 Å². The number of hydrogen-bond donors (Lipinski definition) is 0. The van der Waals surface area contributed by atoms with Crippen LogP contribution in [0.1, 0.15) is 41.0 Å². The third-order valence-electron chi connectivity index (χ3n) is 6.79. The Hall–Kier alpha value is -4.15. The van der Waals surface area contributed by atoms with Gasteiger partial charge in [0.05, 0.1) is 16.3 Å². The molecule has 10 heteroatoms. The van der Waals surface area contributed by atoms with Gasteiger partial charge < -0.3 is 0 Å². The number of hydrogen-bond acceptors (Lipinski definition) is 7. The van der Waals surface area contributed by atoms with E-state index in [1.165, 1.54) is 27.2 Å². The smallest absolute Gasteiger partial charge is 0.258 e. The van der Waals surface area contributed by atoms with Gasteiger partial charge in [-0.2, -0.15) is 0 Å². The highest BCUT2D eigenvalue weighted by atomic mass is 32.2. The van der Waals surface area contributed by atoms with Crippen LogP contribution in [0.4, 0.5) is 0 Å². The predicted molar refractivity (Wildman–Crippen MR) is 150 cm³/mol. The van der Waals surface area contributed by atoms with Crippen molar-refractivity contribution in [1.82, 2.24) is 23.7 Å². The number of aromatic nitrogens is 4. The fourth-order valence-electron chi connectivity index (χ4n) is 4.63. The first-order valence-electron chi connectivity index (χ1n) is 12.5. The van der Waals surface area contributed by atoms with Crippen LogP contribution in [0.25, 0.3) is 11.3 Å². The first-order valence-corrected chi connectivity index (χ1v) is 14.4.